The van der Waals surface area contributed by atoms with E-state index in [9.17, 15) is 4.79 Å². The van der Waals surface area contributed by atoms with Crippen molar-refractivity contribution in [3.63, 3.8) is 0 Å². The Bertz CT molecular complexity index is 690. The molecule has 9 heteroatoms. The number of hydrogen-bond donors (Lipinski definition) is 1. The molecule has 0 aliphatic carbocycles. The zero-order valence-electron chi connectivity index (χ0n) is 15.0. The molecule has 1 aromatic rings. The number of hydrogen-bond acceptors (Lipinski definition) is 5. The lowest BCUT2D eigenvalue weighted by Crippen LogP contribution is -2.53. The molecule has 1 aromatic carbocycles. The highest BCUT2D eigenvalue weighted by atomic mass is 79.9. The van der Waals surface area contributed by atoms with Crippen LogP contribution in [0.1, 0.15) is 12.5 Å². The summed E-state index contributed by atoms with van der Waals surface area (Å²) in [5.41, 5.74) is 1.06. The molecule has 2 aliphatic heterocycles. The van der Waals surface area contributed by atoms with Crippen molar-refractivity contribution >= 4 is 28.0 Å². The molecule has 142 valence electrons. The number of carbonyl (C=O) groups is 1. The highest BCUT2D eigenvalue weighted by Crippen LogP contribution is 2.39. The van der Waals surface area contributed by atoms with E-state index < -0.39 is 0 Å². The number of ether oxygens (including phenoxy) is 3. The van der Waals surface area contributed by atoms with Crippen LogP contribution in [-0.2, 0) is 11.3 Å². The largest absolute Gasteiger partial charge is 0.454 e. The van der Waals surface area contributed by atoms with Crippen LogP contribution in [0, 0.1) is 0 Å². The van der Waals surface area contributed by atoms with E-state index >= 15 is 0 Å². The Hall–Kier alpha value is -2.16. The van der Waals surface area contributed by atoms with Crippen LogP contribution in [-0.4, -0.2) is 68.5 Å². The molecular formula is C17H23BrN4O4. The number of fused-ring (bicyclic) bond motifs is 1. The molecule has 3 rings (SSSR count). The topological polar surface area (TPSA) is 75.6 Å². The van der Waals surface area contributed by atoms with Gasteiger partial charge < -0.3 is 29.3 Å². The molecule has 0 saturated carbocycles. The van der Waals surface area contributed by atoms with Gasteiger partial charge in [0.25, 0.3) is 0 Å². The number of nitrogens with zero attached hydrogens (tertiary/aromatic N) is 3. The quantitative estimate of drug-likeness (QED) is 0.588. The molecule has 1 N–H and O–H groups in total. The maximum Gasteiger partial charge on any atom is 0.409 e. The van der Waals surface area contributed by atoms with Crippen LogP contribution >= 0.6 is 15.9 Å². The minimum atomic E-state index is -0.250. The maximum atomic E-state index is 11.8. The average Bonchev–Trinajstić information content (AvgIpc) is 3.12. The molecular weight excluding hydrogens is 404 g/mol. The first-order valence-electron chi connectivity index (χ1n) is 8.57. The predicted octanol–water partition coefficient (Wildman–Crippen LogP) is 2.03. The van der Waals surface area contributed by atoms with Crippen LogP contribution in [0.15, 0.2) is 21.6 Å². The Labute approximate surface area is 161 Å². The second kappa shape index (κ2) is 8.48. The minimum Gasteiger partial charge on any atom is -0.454 e. The SMILES string of the molecule is CCOC(=O)N1CCN(C(=NC)NCc2cc(Br)c3c(c2)OCO3)CC1. The lowest BCUT2D eigenvalue weighted by atomic mass is 10.2. The molecule has 0 atom stereocenters. The summed E-state index contributed by atoms with van der Waals surface area (Å²) in [5.74, 6) is 2.30. The first kappa shape index (κ1) is 18.6. The lowest BCUT2D eigenvalue weighted by Gasteiger charge is -2.35. The van der Waals surface area contributed by atoms with Gasteiger partial charge in [0.15, 0.2) is 17.5 Å². The van der Waals surface area contributed by atoms with Gasteiger partial charge in [-0.15, -0.1) is 0 Å². The van der Waals surface area contributed by atoms with Gasteiger partial charge in [-0.25, -0.2) is 4.79 Å². The second-order valence-corrected chi connectivity index (χ2v) is 6.74. The molecule has 0 bridgehead atoms. The van der Waals surface area contributed by atoms with Crippen molar-refractivity contribution in [3.05, 3.63) is 22.2 Å². The fourth-order valence-corrected chi connectivity index (χ4v) is 3.56. The van der Waals surface area contributed by atoms with Crippen molar-refractivity contribution in [2.75, 3.05) is 46.6 Å². The van der Waals surface area contributed by atoms with Crippen molar-refractivity contribution < 1.29 is 19.0 Å². The Balaban J connectivity index is 1.55. The van der Waals surface area contributed by atoms with Gasteiger partial charge in [-0.3, -0.25) is 4.99 Å². The monoisotopic (exact) mass is 426 g/mol. The van der Waals surface area contributed by atoms with E-state index in [0.29, 0.717) is 39.3 Å². The summed E-state index contributed by atoms with van der Waals surface area (Å²) in [6.07, 6.45) is -0.250. The van der Waals surface area contributed by atoms with Crippen LogP contribution in [0.4, 0.5) is 4.79 Å². The molecule has 26 heavy (non-hydrogen) atoms. The first-order chi connectivity index (χ1) is 12.6. The Morgan fingerprint density at radius 2 is 2.00 bits per heavy atom. The van der Waals surface area contributed by atoms with Gasteiger partial charge in [0, 0.05) is 39.8 Å². The normalized spacial score (nSPS) is 16.7. The van der Waals surface area contributed by atoms with Crippen molar-refractivity contribution in [2.45, 2.75) is 13.5 Å². The third kappa shape index (κ3) is 4.14. The smallest absolute Gasteiger partial charge is 0.409 e. The van der Waals surface area contributed by atoms with Gasteiger partial charge in [-0.1, -0.05) is 0 Å². The molecule has 1 amide bonds. The number of aliphatic imine (C=N–C) groups is 1. The van der Waals surface area contributed by atoms with Crippen molar-refractivity contribution in [1.29, 1.82) is 0 Å². The Morgan fingerprint density at radius 1 is 1.27 bits per heavy atom. The Morgan fingerprint density at radius 3 is 2.69 bits per heavy atom. The maximum absolute atomic E-state index is 11.8. The summed E-state index contributed by atoms with van der Waals surface area (Å²) >= 11 is 3.51. The molecule has 1 fully saturated rings. The van der Waals surface area contributed by atoms with Crippen LogP contribution in [0.2, 0.25) is 0 Å². The highest BCUT2D eigenvalue weighted by Gasteiger charge is 2.24. The predicted molar refractivity (Wildman–Crippen MR) is 101 cm³/mol. The van der Waals surface area contributed by atoms with Gasteiger partial charge in [-0.05, 0) is 40.5 Å². The molecule has 0 spiro atoms. The first-order valence-corrected chi connectivity index (χ1v) is 9.37. The molecule has 8 nitrogen and oxygen atoms in total. The van der Waals surface area contributed by atoms with E-state index in [1.807, 2.05) is 19.1 Å². The number of halogens is 1. The van der Waals surface area contributed by atoms with E-state index in [2.05, 4.69) is 31.1 Å². The van der Waals surface area contributed by atoms with E-state index in [4.69, 9.17) is 14.2 Å². The molecule has 1 saturated heterocycles. The molecule has 2 aliphatic rings. The van der Waals surface area contributed by atoms with Crippen molar-refractivity contribution in [3.8, 4) is 11.5 Å². The molecule has 0 aromatic heterocycles. The van der Waals surface area contributed by atoms with E-state index in [1.165, 1.54) is 0 Å². The van der Waals surface area contributed by atoms with Crippen LogP contribution in [0.3, 0.4) is 0 Å². The van der Waals surface area contributed by atoms with Crippen LogP contribution in [0.5, 0.6) is 11.5 Å². The summed E-state index contributed by atoms with van der Waals surface area (Å²) in [6, 6.07) is 3.97. The number of amides is 1. The molecule has 2 heterocycles. The number of piperazine rings is 1. The molecule has 0 unspecified atom stereocenters. The fourth-order valence-electron chi connectivity index (χ4n) is 2.95. The van der Waals surface area contributed by atoms with Crippen LogP contribution < -0.4 is 14.8 Å². The number of guanidine groups is 1. The third-order valence-electron chi connectivity index (χ3n) is 4.25. The zero-order chi connectivity index (χ0) is 18.5. The minimum absolute atomic E-state index is 0.247. The third-order valence-corrected chi connectivity index (χ3v) is 4.84. The summed E-state index contributed by atoms with van der Waals surface area (Å²) in [4.78, 5) is 20.0. The van der Waals surface area contributed by atoms with Crippen molar-refractivity contribution in [1.82, 2.24) is 15.1 Å². The highest BCUT2D eigenvalue weighted by molar-refractivity contribution is 9.10. The van der Waals surface area contributed by atoms with E-state index in [-0.39, 0.29) is 12.9 Å². The van der Waals surface area contributed by atoms with Gasteiger partial charge >= 0.3 is 6.09 Å². The fraction of sp³-hybridized carbons (Fsp3) is 0.529. The summed E-state index contributed by atoms with van der Waals surface area (Å²) in [5, 5.41) is 3.37. The van der Waals surface area contributed by atoms with Crippen LogP contribution in [0.25, 0.3) is 0 Å². The van der Waals surface area contributed by atoms with Gasteiger partial charge in [0.2, 0.25) is 6.79 Å². The number of nitrogens with one attached hydrogen (secondary N) is 1. The van der Waals surface area contributed by atoms with Gasteiger partial charge in [0.05, 0.1) is 11.1 Å². The lowest BCUT2D eigenvalue weighted by molar-refractivity contribution is 0.0914. The summed E-state index contributed by atoms with van der Waals surface area (Å²) < 4.78 is 16.8. The number of rotatable bonds is 3. The van der Waals surface area contributed by atoms with Gasteiger partial charge in [-0.2, -0.15) is 0 Å². The summed E-state index contributed by atoms with van der Waals surface area (Å²) in [6.45, 7) is 5.73. The van der Waals surface area contributed by atoms with E-state index in [1.54, 1.807) is 11.9 Å². The van der Waals surface area contributed by atoms with Gasteiger partial charge in [0.1, 0.15) is 0 Å². The molecule has 0 radical (unpaired) electrons. The number of carbonyl (C=O) groups excluding carboxylic acids is 1. The second-order valence-electron chi connectivity index (χ2n) is 5.89. The van der Waals surface area contributed by atoms with E-state index in [0.717, 1.165) is 27.5 Å². The standard InChI is InChI=1S/C17H23BrN4O4/c1-3-24-17(23)22-6-4-21(5-7-22)16(19-2)20-10-12-8-13(18)15-14(9-12)25-11-26-15/h8-9H,3-7,10-11H2,1-2H3,(H,19,20). The Kier molecular flexibility index (Phi) is 6.08. The summed E-state index contributed by atoms with van der Waals surface area (Å²) in [7, 11) is 1.76. The average molecular weight is 427 g/mol. The van der Waals surface area contributed by atoms with Crippen molar-refractivity contribution in [2.24, 2.45) is 4.99 Å². The zero-order valence-corrected chi connectivity index (χ0v) is 16.5. The number of benzene rings is 1.